The van der Waals surface area contributed by atoms with Gasteiger partial charge in [0, 0.05) is 12.5 Å². The summed E-state index contributed by atoms with van der Waals surface area (Å²) >= 11 is 0. The van der Waals surface area contributed by atoms with Gasteiger partial charge >= 0.3 is 0 Å². The van der Waals surface area contributed by atoms with Gasteiger partial charge in [0.15, 0.2) is 0 Å². The van der Waals surface area contributed by atoms with Crippen LogP contribution in [-0.4, -0.2) is 44.8 Å². The molecule has 3 unspecified atom stereocenters. The van der Waals surface area contributed by atoms with Crippen molar-refractivity contribution in [3.05, 3.63) is 23.3 Å². The van der Waals surface area contributed by atoms with Gasteiger partial charge in [0.05, 0.1) is 17.8 Å². The largest absolute Gasteiger partial charge is 0.396 e. The van der Waals surface area contributed by atoms with Crippen LogP contribution in [0.5, 0.6) is 0 Å². The lowest BCUT2D eigenvalue weighted by molar-refractivity contribution is -0.0119. The maximum atomic E-state index is 10.6. The van der Waals surface area contributed by atoms with E-state index in [1.165, 1.54) is 38.5 Å². The highest BCUT2D eigenvalue weighted by atomic mass is 16.3. The van der Waals surface area contributed by atoms with E-state index in [2.05, 4.69) is 26.0 Å². The second-order valence-electron chi connectivity index (χ2n) is 12.4. The molecule has 4 N–H and O–H groups in total. The lowest BCUT2D eigenvalue weighted by Crippen LogP contribution is -2.37. The molecule has 3 fully saturated rings. The van der Waals surface area contributed by atoms with Gasteiger partial charge in [0.25, 0.3) is 0 Å². The van der Waals surface area contributed by atoms with E-state index in [-0.39, 0.29) is 12.5 Å². The zero-order valence-corrected chi connectivity index (χ0v) is 21.6. The minimum atomic E-state index is -0.560. The molecule has 3 aliphatic rings. The Hall–Kier alpha value is -0.680. The summed E-state index contributed by atoms with van der Waals surface area (Å²) in [6.07, 6.45) is 15.6. The molecular weight excluding hydrogens is 412 g/mol. The van der Waals surface area contributed by atoms with Crippen molar-refractivity contribution >= 4 is 0 Å². The predicted octanol–water partition coefficient (Wildman–Crippen LogP) is 5.54. The summed E-state index contributed by atoms with van der Waals surface area (Å²) in [4.78, 5) is 0. The first kappa shape index (κ1) is 26.9. The first-order valence-electron chi connectivity index (χ1n) is 13.6. The van der Waals surface area contributed by atoms with Crippen LogP contribution >= 0.6 is 0 Å². The van der Waals surface area contributed by atoms with Crippen LogP contribution in [0.2, 0.25) is 0 Å². The standard InChI is InChI=1S/C29H50O4/c1-20(8-5-15-28(2,3)33)24-13-14-25-22(9-6-16-29(24,25)4)12-11-21-18-26(31)23(10-7-17-30)27(32)19-21/h11-12,20,23-27,30-33H,5-10,13-19H2,1-4H3/b21-11?,22-12+/t20-,23?,24?,25?,26-,27-,29?/m1/s1. The Kier molecular flexibility index (Phi) is 9.27. The maximum Gasteiger partial charge on any atom is 0.0630 e. The van der Waals surface area contributed by atoms with Crippen LogP contribution in [0.4, 0.5) is 0 Å². The molecule has 3 saturated carbocycles. The number of allylic oxidation sites excluding steroid dienone is 3. The van der Waals surface area contributed by atoms with Gasteiger partial charge in [-0.25, -0.2) is 0 Å². The van der Waals surface area contributed by atoms with Gasteiger partial charge < -0.3 is 20.4 Å². The van der Waals surface area contributed by atoms with Gasteiger partial charge in [0.1, 0.15) is 0 Å². The molecule has 0 spiro atoms. The minimum Gasteiger partial charge on any atom is -0.396 e. The highest BCUT2D eigenvalue weighted by molar-refractivity contribution is 5.26. The second kappa shape index (κ2) is 11.4. The maximum absolute atomic E-state index is 10.6. The van der Waals surface area contributed by atoms with Crippen LogP contribution in [0, 0.1) is 29.1 Å². The fourth-order valence-electron chi connectivity index (χ4n) is 7.52. The zero-order valence-electron chi connectivity index (χ0n) is 21.6. The van der Waals surface area contributed by atoms with Crippen molar-refractivity contribution < 1.29 is 20.4 Å². The van der Waals surface area contributed by atoms with Crippen molar-refractivity contribution in [1.82, 2.24) is 0 Å². The number of hydrogen-bond acceptors (Lipinski definition) is 4. The third kappa shape index (κ3) is 6.72. The summed E-state index contributed by atoms with van der Waals surface area (Å²) in [6.45, 7) is 8.90. The molecule has 0 aromatic rings. The Balaban J connectivity index is 1.64. The van der Waals surface area contributed by atoms with Crippen molar-refractivity contribution in [2.45, 2.75) is 123 Å². The number of aliphatic hydroxyl groups excluding tert-OH is 3. The molecule has 3 aliphatic carbocycles. The summed E-state index contributed by atoms with van der Waals surface area (Å²) in [5.74, 6) is 1.99. The summed E-state index contributed by atoms with van der Waals surface area (Å²) in [5, 5.41) is 40.3. The van der Waals surface area contributed by atoms with E-state index in [4.69, 9.17) is 5.11 Å². The van der Waals surface area contributed by atoms with Gasteiger partial charge in [-0.15, -0.1) is 0 Å². The van der Waals surface area contributed by atoms with E-state index in [1.54, 1.807) is 5.57 Å². The number of hydrogen-bond donors (Lipinski definition) is 4. The molecule has 0 radical (unpaired) electrons. The molecular formula is C29H50O4. The van der Waals surface area contributed by atoms with Gasteiger partial charge in [0.2, 0.25) is 0 Å². The Labute approximate surface area is 202 Å². The van der Waals surface area contributed by atoms with Crippen LogP contribution in [0.3, 0.4) is 0 Å². The lowest BCUT2D eigenvalue weighted by Gasteiger charge is -2.44. The lowest BCUT2D eigenvalue weighted by atomic mass is 9.60. The molecule has 0 aliphatic heterocycles. The highest BCUT2D eigenvalue weighted by Crippen LogP contribution is 2.60. The van der Waals surface area contributed by atoms with Crippen molar-refractivity contribution in [3.8, 4) is 0 Å². The second-order valence-corrected chi connectivity index (χ2v) is 12.4. The average Bonchev–Trinajstić information content (AvgIpc) is 3.08. The van der Waals surface area contributed by atoms with Crippen LogP contribution in [-0.2, 0) is 0 Å². The van der Waals surface area contributed by atoms with E-state index >= 15 is 0 Å². The SMILES string of the molecule is C[C@H](CCCC(C)(C)O)C1CCC2/C(=C/C=C3C[C@@H](O)C(CCCO)[C@H](O)C3)CCCC21C. The molecule has 0 heterocycles. The molecule has 0 bridgehead atoms. The van der Waals surface area contributed by atoms with E-state index in [0.717, 1.165) is 24.3 Å². The van der Waals surface area contributed by atoms with Gasteiger partial charge in [-0.3, -0.25) is 0 Å². The van der Waals surface area contributed by atoms with E-state index in [1.807, 2.05) is 13.8 Å². The molecule has 0 saturated heterocycles. The molecule has 0 aromatic heterocycles. The topological polar surface area (TPSA) is 80.9 Å². The Morgan fingerprint density at radius 1 is 1.09 bits per heavy atom. The fourth-order valence-corrected chi connectivity index (χ4v) is 7.52. The Morgan fingerprint density at radius 3 is 2.42 bits per heavy atom. The predicted molar refractivity (Wildman–Crippen MR) is 135 cm³/mol. The Morgan fingerprint density at radius 2 is 1.79 bits per heavy atom. The number of fused-ring (bicyclic) bond motifs is 1. The summed E-state index contributed by atoms with van der Waals surface area (Å²) in [7, 11) is 0. The monoisotopic (exact) mass is 462 g/mol. The van der Waals surface area contributed by atoms with Gasteiger partial charge in [-0.2, -0.15) is 0 Å². The summed E-state index contributed by atoms with van der Waals surface area (Å²) < 4.78 is 0. The van der Waals surface area contributed by atoms with Crippen LogP contribution in [0.1, 0.15) is 105 Å². The van der Waals surface area contributed by atoms with Crippen LogP contribution < -0.4 is 0 Å². The van der Waals surface area contributed by atoms with E-state index in [0.29, 0.717) is 42.9 Å². The molecule has 6 atom stereocenters. The molecule has 33 heavy (non-hydrogen) atoms. The third-order valence-corrected chi connectivity index (χ3v) is 9.33. The first-order chi connectivity index (χ1) is 15.5. The molecule has 0 amide bonds. The van der Waals surface area contributed by atoms with E-state index in [9.17, 15) is 15.3 Å². The smallest absolute Gasteiger partial charge is 0.0630 e. The average molecular weight is 463 g/mol. The van der Waals surface area contributed by atoms with Crippen molar-refractivity contribution in [1.29, 1.82) is 0 Å². The Bertz CT molecular complexity index is 676. The molecule has 4 heteroatoms. The summed E-state index contributed by atoms with van der Waals surface area (Å²) in [6, 6.07) is 0. The first-order valence-corrected chi connectivity index (χ1v) is 13.6. The van der Waals surface area contributed by atoms with Crippen molar-refractivity contribution in [3.63, 3.8) is 0 Å². The van der Waals surface area contributed by atoms with Gasteiger partial charge in [-0.05, 0) is 101 Å². The van der Waals surface area contributed by atoms with Crippen molar-refractivity contribution in [2.75, 3.05) is 6.61 Å². The molecule has 0 aromatic carbocycles. The molecule has 4 nitrogen and oxygen atoms in total. The summed E-state index contributed by atoms with van der Waals surface area (Å²) in [5.41, 5.74) is 2.55. The van der Waals surface area contributed by atoms with Gasteiger partial charge in [-0.1, -0.05) is 50.0 Å². The quantitative estimate of drug-likeness (QED) is 0.363. The zero-order chi connectivity index (χ0) is 24.2. The highest BCUT2D eigenvalue weighted by Gasteiger charge is 2.50. The number of aliphatic hydroxyl groups is 4. The minimum absolute atomic E-state index is 0.115. The molecule has 3 rings (SSSR count). The van der Waals surface area contributed by atoms with Crippen molar-refractivity contribution in [2.24, 2.45) is 29.1 Å². The van der Waals surface area contributed by atoms with Crippen LogP contribution in [0.25, 0.3) is 0 Å². The number of rotatable bonds is 9. The fraction of sp³-hybridized carbons (Fsp3) is 0.862. The van der Waals surface area contributed by atoms with Crippen LogP contribution in [0.15, 0.2) is 23.3 Å². The van der Waals surface area contributed by atoms with E-state index < -0.39 is 17.8 Å². The molecule has 190 valence electrons. The third-order valence-electron chi connectivity index (χ3n) is 9.33. The normalized spacial score (nSPS) is 37.3.